The molecular weight excluding hydrogens is 216 g/mol. The van der Waals surface area contributed by atoms with Gasteiger partial charge in [0.25, 0.3) is 0 Å². The summed E-state index contributed by atoms with van der Waals surface area (Å²) in [4.78, 5) is 13.8. The molecule has 1 aliphatic rings. The second-order valence-electron chi connectivity index (χ2n) is 4.90. The van der Waals surface area contributed by atoms with Crippen molar-refractivity contribution in [1.29, 1.82) is 0 Å². The van der Waals surface area contributed by atoms with Crippen LogP contribution in [0, 0.1) is 5.92 Å². The van der Waals surface area contributed by atoms with Gasteiger partial charge in [0, 0.05) is 25.6 Å². The lowest BCUT2D eigenvalue weighted by atomic mass is 9.91. The predicted molar refractivity (Wildman–Crippen MR) is 68.9 cm³/mol. The zero-order chi connectivity index (χ0) is 12.7. The Kier molecular flexibility index (Phi) is 6.52. The molecule has 1 rings (SSSR count). The van der Waals surface area contributed by atoms with Crippen molar-refractivity contribution in [2.45, 2.75) is 39.2 Å². The van der Waals surface area contributed by atoms with Crippen LogP contribution in [0.25, 0.3) is 0 Å². The number of esters is 1. The number of carbonyl (C=O) groups is 1. The zero-order valence-electron chi connectivity index (χ0n) is 11.4. The fourth-order valence-electron chi connectivity index (χ4n) is 2.71. The van der Waals surface area contributed by atoms with Gasteiger partial charge in [0.05, 0.1) is 7.11 Å². The molecule has 4 heteroatoms. The number of nitrogens with zero attached hydrogens (tertiary/aromatic N) is 1. The summed E-state index contributed by atoms with van der Waals surface area (Å²) in [7, 11) is 1.47. The second-order valence-corrected chi connectivity index (χ2v) is 4.90. The Bertz CT molecular complexity index is 219. The Balaban J connectivity index is 2.48. The number of rotatable bonds is 6. The molecule has 0 aromatic rings. The first-order valence-electron chi connectivity index (χ1n) is 6.72. The van der Waals surface area contributed by atoms with Gasteiger partial charge in [-0.1, -0.05) is 13.8 Å². The lowest BCUT2D eigenvalue weighted by Crippen LogP contribution is -2.49. The van der Waals surface area contributed by atoms with Crippen molar-refractivity contribution in [2.24, 2.45) is 5.92 Å². The van der Waals surface area contributed by atoms with E-state index in [4.69, 9.17) is 4.74 Å². The molecule has 100 valence electrons. The van der Waals surface area contributed by atoms with Gasteiger partial charge in [-0.25, -0.2) is 0 Å². The highest BCUT2D eigenvalue weighted by atomic mass is 16.5. The van der Waals surface area contributed by atoms with Gasteiger partial charge in [0.15, 0.2) is 0 Å². The van der Waals surface area contributed by atoms with E-state index in [-0.39, 0.29) is 5.97 Å². The minimum atomic E-state index is -0.0800. The summed E-state index contributed by atoms with van der Waals surface area (Å²) >= 11 is 0. The summed E-state index contributed by atoms with van der Waals surface area (Å²) in [5.74, 6) is 0.357. The molecule has 1 fully saturated rings. The number of likely N-dealkylation sites (tertiary alicyclic amines) is 1. The fourth-order valence-corrected chi connectivity index (χ4v) is 2.71. The highest BCUT2D eigenvalue weighted by Gasteiger charge is 2.27. The third-order valence-electron chi connectivity index (χ3n) is 3.33. The fraction of sp³-hybridized carbons (Fsp3) is 0.923. The Hall–Kier alpha value is -0.610. The van der Waals surface area contributed by atoms with E-state index >= 15 is 0 Å². The standard InChI is InChI=1S/C13H26N2O2/c1-4-6-15-9-11(8-13(16)17-3)7-12(10-15)14-5-2/h11-12,14H,4-10H2,1-3H3. The highest BCUT2D eigenvalue weighted by molar-refractivity contribution is 5.69. The lowest BCUT2D eigenvalue weighted by Gasteiger charge is -2.37. The molecule has 0 aromatic heterocycles. The van der Waals surface area contributed by atoms with Gasteiger partial charge in [0.2, 0.25) is 0 Å². The first-order chi connectivity index (χ1) is 8.19. The molecule has 0 saturated carbocycles. The summed E-state index contributed by atoms with van der Waals surface area (Å²) in [6.45, 7) is 8.60. The minimum absolute atomic E-state index is 0.0800. The van der Waals surface area contributed by atoms with Crippen molar-refractivity contribution in [3.8, 4) is 0 Å². The van der Waals surface area contributed by atoms with Crippen molar-refractivity contribution in [1.82, 2.24) is 10.2 Å². The maximum atomic E-state index is 11.3. The van der Waals surface area contributed by atoms with Crippen LogP contribution in [0.5, 0.6) is 0 Å². The third-order valence-corrected chi connectivity index (χ3v) is 3.33. The molecule has 2 atom stereocenters. The van der Waals surface area contributed by atoms with Crippen LogP contribution in [0.4, 0.5) is 0 Å². The molecule has 0 amide bonds. The first kappa shape index (κ1) is 14.5. The lowest BCUT2D eigenvalue weighted by molar-refractivity contribution is -0.142. The molecule has 1 saturated heterocycles. The summed E-state index contributed by atoms with van der Waals surface area (Å²) in [5, 5.41) is 3.50. The minimum Gasteiger partial charge on any atom is -0.469 e. The molecule has 0 aliphatic carbocycles. The molecule has 0 bridgehead atoms. The van der Waals surface area contributed by atoms with E-state index in [0.29, 0.717) is 18.4 Å². The van der Waals surface area contributed by atoms with E-state index in [0.717, 1.165) is 32.6 Å². The van der Waals surface area contributed by atoms with Crippen molar-refractivity contribution in [3.05, 3.63) is 0 Å². The molecular formula is C13H26N2O2. The number of ether oxygens (including phenoxy) is 1. The molecule has 0 aromatic carbocycles. The number of methoxy groups -OCH3 is 1. The maximum Gasteiger partial charge on any atom is 0.305 e. The topological polar surface area (TPSA) is 41.6 Å². The molecule has 1 N–H and O–H groups in total. The normalized spacial score (nSPS) is 25.8. The molecule has 17 heavy (non-hydrogen) atoms. The molecule has 4 nitrogen and oxygen atoms in total. The van der Waals surface area contributed by atoms with Gasteiger partial charge in [-0.15, -0.1) is 0 Å². The largest absolute Gasteiger partial charge is 0.469 e. The molecule has 0 spiro atoms. The predicted octanol–water partition coefficient (Wildman–Crippen LogP) is 1.26. The summed E-state index contributed by atoms with van der Waals surface area (Å²) in [6.07, 6.45) is 2.81. The van der Waals surface area contributed by atoms with E-state index < -0.39 is 0 Å². The Morgan fingerprint density at radius 3 is 2.76 bits per heavy atom. The highest BCUT2D eigenvalue weighted by Crippen LogP contribution is 2.20. The number of carbonyl (C=O) groups excluding carboxylic acids is 1. The number of nitrogens with one attached hydrogen (secondary N) is 1. The first-order valence-corrected chi connectivity index (χ1v) is 6.72. The van der Waals surface area contributed by atoms with E-state index in [2.05, 4.69) is 24.1 Å². The van der Waals surface area contributed by atoms with Crippen LogP contribution in [0.1, 0.15) is 33.1 Å². The van der Waals surface area contributed by atoms with Gasteiger partial charge in [0.1, 0.15) is 0 Å². The number of likely N-dealkylation sites (N-methyl/N-ethyl adjacent to an activating group) is 1. The Morgan fingerprint density at radius 1 is 1.41 bits per heavy atom. The van der Waals surface area contributed by atoms with Gasteiger partial charge < -0.3 is 15.0 Å². The van der Waals surface area contributed by atoms with Crippen LogP contribution in [0.3, 0.4) is 0 Å². The third kappa shape index (κ3) is 5.04. The second kappa shape index (κ2) is 7.67. The van der Waals surface area contributed by atoms with Crippen molar-refractivity contribution < 1.29 is 9.53 Å². The van der Waals surface area contributed by atoms with Gasteiger partial charge >= 0.3 is 5.97 Å². The smallest absolute Gasteiger partial charge is 0.305 e. The number of hydrogen-bond acceptors (Lipinski definition) is 4. The zero-order valence-corrected chi connectivity index (χ0v) is 11.4. The van der Waals surface area contributed by atoms with Crippen LogP contribution >= 0.6 is 0 Å². The number of piperidine rings is 1. The quantitative estimate of drug-likeness (QED) is 0.712. The van der Waals surface area contributed by atoms with Crippen molar-refractivity contribution in [3.63, 3.8) is 0 Å². The van der Waals surface area contributed by atoms with E-state index in [1.54, 1.807) is 0 Å². The molecule has 2 unspecified atom stereocenters. The van der Waals surface area contributed by atoms with Crippen molar-refractivity contribution >= 4 is 5.97 Å². The average Bonchev–Trinajstić information content (AvgIpc) is 2.29. The Morgan fingerprint density at radius 2 is 2.18 bits per heavy atom. The van der Waals surface area contributed by atoms with E-state index in [9.17, 15) is 4.79 Å². The Labute approximate surface area is 105 Å². The molecule has 1 aliphatic heterocycles. The molecule has 1 heterocycles. The monoisotopic (exact) mass is 242 g/mol. The molecule has 0 radical (unpaired) electrons. The van der Waals surface area contributed by atoms with Crippen LogP contribution in [-0.4, -0.2) is 50.2 Å². The van der Waals surface area contributed by atoms with Crippen LogP contribution < -0.4 is 5.32 Å². The van der Waals surface area contributed by atoms with Gasteiger partial charge in [-0.3, -0.25) is 4.79 Å². The van der Waals surface area contributed by atoms with Crippen molar-refractivity contribution in [2.75, 3.05) is 33.3 Å². The van der Waals surface area contributed by atoms with Gasteiger partial charge in [-0.2, -0.15) is 0 Å². The maximum absolute atomic E-state index is 11.3. The summed E-state index contributed by atoms with van der Waals surface area (Å²) in [5.41, 5.74) is 0. The summed E-state index contributed by atoms with van der Waals surface area (Å²) < 4.78 is 4.77. The van der Waals surface area contributed by atoms with Crippen LogP contribution in [0.15, 0.2) is 0 Å². The number of hydrogen-bond donors (Lipinski definition) is 1. The summed E-state index contributed by atoms with van der Waals surface area (Å²) in [6, 6.07) is 0.523. The van der Waals surface area contributed by atoms with Crippen LogP contribution in [-0.2, 0) is 9.53 Å². The van der Waals surface area contributed by atoms with E-state index in [1.165, 1.54) is 13.5 Å². The van der Waals surface area contributed by atoms with Gasteiger partial charge in [-0.05, 0) is 31.8 Å². The van der Waals surface area contributed by atoms with Crippen LogP contribution in [0.2, 0.25) is 0 Å². The van der Waals surface area contributed by atoms with E-state index in [1.807, 2.05) is 0 Å². The SMILES string of the molecule is CCCN1CC(CC(=O)OC)CC(NCC)C1. The average molecular weight is 242 g/mol.